The van der Waals surface area contributed by atoms with E-state index in [1.807, 2.05) is 0 Å². The first kappa shape index (κ1) is 16.9. The van der Waals surface area contributed by atoms with E-state index < -0.39 is 9.84 Å². The summed E-state index contributed by atoms with van der Waals surface area (Å²) in [4.78, 5) is 0. The van der Waals surface area contributed by atoms with Crippen LogP contribution in [0.1, 0.15) is 52.4 Å². The Morgan fingerprint density at radius 2 is 1.89 bits per heavy atom. The summed E-state index contributed by atoms with van der Waals surface area (Å²) >= 11 is 0. The molecular formula is C14H29NO3S. The molecular weight excluding hydrogens is 262 g/mol. The predicted octanol–water partition coefficient (Wildman–Crippen LogP) is 2.14. The molecule has 1 saturated carbocycles. The normalized spacial score (nSPS) is 20.6. The van der Waals surface area contributed by atoms with E-state index in [1.165, 1.54) is 12.8 Å². The fourth-order valence-corrected chi connectivity index (χ4v) is 4.01. The van der Waals surface area contributed by atoms with Crippen LogP contribution in [0, 0.1) is 0 Å². The van der Waals surface area contributed by atoms with Gasteiger partial charge >= 0.3 is 0 Å². The molecule has 0 aromatic heterocycles. The molecule has 1 aliphatic carbocycles. The van der Waals surface area contributed by atoms with Gasteiger partial charge in [0.15, 0.2) is 0 Å². The highest BCUT2D eigenvalue weighted by molar-refractivity contribution is 7.91. The van der Waals surface area contributed by atoms with Gasteiger partial charge in [-0.25, -0.2) is 8.42 Å². The lowest BCUT2D eigenvalue weighted by molar-refractivity contribution is -0.0374. The van der Waals surface area contributed by atoms with Crippen molar-refractivity contribution in [2.24, 2.45) is 0 Å². The molecule has 0 aromatic carbocycles. The van der Waals surface area contributed by atoms with Crippen LogP contribution in [0.3, 0.4) is 0 Å². The average Bonchev–Trinajstić information content (AvgIpc) is 2.87. The molecule has 0 aliphatic heterocycles. The number of ether oxygens (including phenoxy) is 1. The number of methoxy groups -OCH3 is 1. The van der Waals surface area contributed by atoms with Gasteiger partial charge in [-0.05, 0) is 32.2 Å². The molecule has 0 saturated heterocycles. The van der Waals surface area contributed by atoms with E-state index in [0.717, 1.165) is 32.2 Å². The molecule has 1 unspecified atom stereocenters. The zero-order valence-corrected chi connectivity index (χ0v) is 13.4. The maximum atomic E-state index is 11.6. The summed E-state index contributed by atoms with van der Waals surface area (Å²) in [5.74, 6) is 0.541. The second kappa shape index (κ2) is 7.60. The van der Waals surface area contributed by atoms with Crippen LogP contribution in [-0.4, -0.2) is 45.2 Å². The van der Waals surface area contributed by atoms with Crippen molar-refractivity contribution in [1.29, 1.82) is 0 Å². The molecule has 0 heterocycles. The minimum Gasteiger partial charge on any atom is -0.377 e. The van der Waals surface area contributed by atoms with E-state index in [-0.39, 0.29) is 17.4 Å². The standard InChI is InChI=1S/C14H29NO3S/c1-4-15-13(9-8-12-19(16,17)5-2)14(18-3)10-6-7-11-14/h13,15H,4-12H2,1-3H3. The Labute approximate surface area is 118 Å². The Balaban J connectivity index is 2.57. The first-order valence-electron chi connectivity index (χ1n) is 7.48. The van der Waals surface area contributed by atoms with Crippen molar-refractivity contribution in [1.82, 2.24) is 5.32 Å². The highest BCUT2D eigenvalue weighted by Gasteiger charge is 2.40. The lowest BCUT2D eigenvalue weighted by atomic mass is 9.88. The van der Waals surface area contributed by atoms with Crippen molar-refractivity contribution < 1.29 is 13.2 Å². The van der Waals surface area contributed by atoms with Crippen LogP contribution in [-0.2, 0) is 14.6 Å². The molecule has 1 fully saturated rings. The van der Waals surface area contributed by atoms with Crippen LogP contribution in [0.25, 0.3) is 0 Å². The van der Waals surface area contributed by atoms with Crippen LogP contribution in [0.15, 0.2) is 0 Å². The molecule has 0 aromatic rings. The summed E-state index contributed by atoms with van der Waals surface area (Å²) in [5, 5.41) is 3.50. The van der Waals surface area contributed by atoms with Crippen molar-refractivity contribution in [3.63, 3.8) is 0 Å². The molecule has 0 bridgehead atoms. The van der Waals surface area contributed by atoms with Crippen molar-refractivity contribution >= 4 is 9.84 Å². The molecule has 0 spiro atoms. The Morgan fingerprint density at radius 3 is 2.37 bits per heavy atom. The molecule has 0 radical (unpaired) electrons. The summed E-state index contributed by atoms with van der Waals surface area (Å²) in [6, 6.07) is 0.275. The summed E-state index contributed by atoms with van der Waals surface area (Å²) in [7, 11) is -1.06. The molecule has 19 heavy (non-hydrogen) atoms. The minimum absolute atomic E-state index is 0.0774. The summed E-state index contributed by atoms with van der Waals surface area (Å²) in [6.45, 7) is 4.70. The smallest absolute Gasteiger partial charge is 0.150 e. The third-order valence-corrected chi connectivity index (χ3v) is 6.12. The largest absolute Gasteiger partial charge is 0.377 e. The van der Waals surface area contributed by atoms with Crippen LogP contribution >= 0.6 is 0 Å². The van der Waals surface area contributed by atoms with Crippen molar-refractivity contribution in [2.75, 3.05) is 25.2 Å². The molecule has 1 atom stereocenters. The molecule has 1 N–H and O–H groups in total. The number of rotatable bonds is 9. The van der Waals surface area contributed by atoms with Gasteiger partial charge in [0.2, 0.25) is 0 Å². The summed E-state index contributed by atoms with van der Waals surface area (Å²) in [5.41, 5.74) is -0.0774. The van der Waals surface area contributed by atoms with Gasteiger partial charge in [0.25, 0.3) is 0 Å². The van der Waals surface area contributed by atoms with Crippen LogP contribution in [0.2, 0.25) is 0 Å². The zero-order valence-electron chi connectivity index (χ0n) is 12.6. The maximum absolute atomic E-state index is 11.6. The molecule has 114 valence electrons. The van der Waals surface area contributed by atoms with Gasteiger partial charge in [-0.3, -0.25) is 0 Å². The Bertz CT molecular complexity index is 348. The lowest BCUT2D eigenvalue weighted by Gasteiger charge is -2.37. The number of hydrogen-bond acceptors (Lipinski definition) is 4. The quantitative estimate of drug-likeness (QED) is 0.707. The topological polar surface area (TPSA) is 55.4 Å². The van der Waals surface area contributed by atoms with Crippen molar-refractivity contribution in [3.05, 3.63) is 0 Å². The molecule has 1 aliphatic rings. The van der Waals surface area contributed by atoms with E-state index in [2.05, 4.69) is 12.2 Å². The second-order valence-corrected chi connectivity index (χ2v) is 7.94. The number of hydrogen-bond donors (Lipinski definition) is 1. The van der Waals surface area contributed by atoms with Crippen LogP contribution in [0.5, 0.6) is 0 Å². The third-order valence-electron chi connectivity index (χ3n) is 4.33. The zero-order chi connectivity index (χ0) is 14.4. The fourth-order valence-electron chi connectivity index (χ4n) is 3.12. The third kappa shape index (κ3) is 4.72. The first-order chi connectivity index (χ1) is 8.99. The Morgan fingerprint density at radius 1 is 1.26 bits per heavy atom. The number of likely N-dealkylation sites (N-methyl/N-ethyl adjacent to an activating group) is 1. The molecule has 5 heteroatoms. The second-order valence-electron chi connectivity index (χ2n) is 5.46. The van der Waals surface area contributed by atoms with E-state index in [9.17, 15) is 8.42 Å². The van der Waals surface area contributed by atoms with Gasteiger partial charge in [0.1, 0.15) is 9.84 Å². The molecule has 0 amide bonds. The summed E-state index contributed by atoms with van der Waals surface area (Å²) in [6.07, 6.45) is 6.19. The minimum atomic E-state index is -2.85. The maximum Gasteiger partial charge on any atom is 0.150 e. The van der Waals surface area contributed by atoms with Gasteiger partial charge < -0.3 is 10.1 Å². The first-order valence-corrected chi connectivity index (χ1v) is 9.30. The van der Waals surface area contributed by atoms with Gasteiger partial charge in [0, 0.05) is 18.9 Å². The number of sulfone groups is 1. The molecule has 4 nitrogen and oxygen atoms in total. The Hall–Kier alpha value is -0.130. The Kier molecular flexibility index (Phi) is 6.77. The van der Waals surface area contributed by atoms with E-state index in [4.69, 9.17) is 4.74 Å². The van der Waals surface area contributed by atoms with Gasteiger partial charge in [-0.1, -0.05) is 26.7 Å². The monoisotopic (exact) mass is 291 g/mol. The van der Waals surface area contributed by atoms with Gasteiger partial charge in [-0.2, -0.15) is 0 Å². The van der Waals surface area contributed by atoms with Crippen molar-refractivity contribution in [3.8, 4) is 0 Å². The average molecular weight is 291 g/mol. The van der Waals surface area contributed by atoms with Crippen LogP contribution < -0.4 is 5.32 Å². The fraction of sp³-hybridized carbons (Fsp3) is 1.00. The van der Waals surface area contributed by atoms with Crippen molar-refractivity contribution in [2.45, 2.75) is 64.0 Å². The van der Waals surface area contributed by atoms with Crippen LogP contribution in [0.4, 0.5) is 0 Å². The highest BCUT2D eigenvalue weighted by Crippen LogP contribution is 2.37. The SMILES string of the molecule is CCNC(CCCS(=O)(=O)CC)C1(OC)CCCC1. The predicted molar refractivity (Wildman–Crippen MR) is 79.2 cm³/mol. The van der Waals surface area contributed by atoms with Gasteiger partial charge in [-0.15, -0.1) is 0 Å². The summed E-state index contributed by atoms with van der Waals surface area (Å²) < 4.78 is 28.9. The number of nitrogens with one attached hydrogen (secondary N) is 1. The van der Waals surface area contributed by atoms with E-state index in [1.54, 1.807) is 14.0 Å². The molecule has 1 rings (SSSR count). The van der Waals surface area contributed by atoms with E-state index in [0.29, 0.717) is 5.75 Å². The highest BCUT2D eigenvalue weighted by atomic mass is 32.2. The van der Waals surface area contributed by atoms with Gasteiger partial charge in [0.05, 0.1) is 11.4 Å². The lowest BCUT2D eigenvalue weighted by Crippen LogP contribution is -2.50. The van der Waals surface area contributed by atoms with E-state index >= 15 is 0 Å².